The molecule has 0 bridgehead atoms. The molecule has 0 atom stereocenters. The number of hydrogen-bond donors (Lipinski definition) is 2. The van der Waals surface area contributed by atoms with Crippen molar-refractivity contribution in [2.45, 2.75) is 6.54 Å². The van der Waals surface area contributed by atoms with E-state index < -0.39 is 5.82 Å². The number of hydrogen-bond acceptors (Lipinski definition) is 2. The maximum atomic E-state index is 13.1. The number of thiocarbonyl (C=S) groups is 1. The van der Waals surface area contributed by atoms with E-state index in [1.807, 2.05) is 18.2 Å². The molecule has 0 saturated carbocycles. The number of halogens is 3. The van der Waals surface area contributed by atoms with Crippen molar-refractivity contribution >= 4 is 50.4 Å². The minimum atomic E-state index is -0.418. The summed E-state index contributed by atoms with van der Waals surface area (Å²) in [7, 11) is 0. The Morgan fingerprint density at radius 3 is 2.65 bits per heavy atom. The van der Waals surface area contributed by atoms with Gasteiger partial charge >= 0.3 is 0 Å². The quantitative estimate of drug-likeness (QED) is 0.776. The van der Waals surface area contributed by atoms with Crippen LogP contribution in [0.3, 0.4) is 0 Å². The lowest BCUT2D eigenvalue weighted by Crippen LogP contribution is -2.10. The van der Waals surface area contributed by atoms with Gasteiger partial charge in [0.1, 0.15) is 10.8 Å². The summed E-state index contributed by atoms with van der Waals surface area (Å²) < 4.78 is 13.9. The largest absolute Gasteiger partial charge is 0.389 e. The fourth-order valence-electron chi connectivity index (χ4n) is 1.68. The molecule has 2 aromatic rings. The second-order valence-electron chi connectivity index (χ2n) is 4.16. The molecule has 104 valence electrons. The molecule has 2 nitrogen and oxygen atoms in total. The van der Waals surface area contributed by atoms with E-state index in [-0.39, 0.29) is 5.02 Å². The van der Waals surface area contributed by atoms with Crippen molar-refractivity contribution in [3.63, 3.8) is 0 Å². The molecule has 0 heterocycles. The van der Waals surface area contributed by atoms with E-state index in [1.165, 1.54) is 6.07 Å². The van der Waals surface area contributed by atoms with Crippen LogP contribution < -0.4 is 11.1 Å². The number of nitrogens with two attached hydrogens (primary N) is 1. The van der Waals surface area contributed by atoms with Gasteiger partial charge in [0.05, 0.1) is 5.02 Å². The van der Waals surface area contributed by atoms with Crippen molar-refractivity contribution in [2.24, 2.45) is 5.73 Å². The Labute approximate surface area is 135 Å². The van der Waals surface area contributed by atoms with E-state index in [0.717, 1.165) is 21.3 Å². The van der Waals surface area contributed by atoms with Gasteiger partial charge in [0, 0.05) is 22.3 Å². The Balaban J connectivity index is 2.09. The molecule has 0 unspecified atom stereocenters. The zero-order valence-electron chi connectivity index (χ0n) is 10.3. The fraction of sp³-hybridized carbons (Fsp3) is 0.0714. The van der Waals surface area contributed by atoms with Crippen LogP contribution >= 0.6 is 39.7 Å². The number of benzene rings is 2. The molecule has 2 rings (SSSR count). The second kappa shape index (κ2) is 6.52. The van der Waals surface area contributed by atoms with Gasteiger partial charge in [-0.2, -0.15) is 0 Å². The first-order valence-electron chi connectivity index (χ1n) is 5.74. The van der Waals surface area contributed by atoms with E-state index in [2.05, 4.69) is 21.2 Å². The maximum absolute atomic E-state index is 13.1. The predicted molar refractivity (Wildman–Crippen MR) is 88.8 cm³/mol. The van der Waals surface area contributed by atoms with Gasteiger partial charge in [0.2, 0.25) is 0 Å². The Hall–Kier alpha value is -1.17. The smallest absolute Gasteiger partial charge is 0.141 e. The highest BCUT2D eigenvalue weighted by atomic mass is 79.9. The van der Waals surface area contributed by atoms with Crippen LogP contribution in [-0.4, -0.2) is 4.99 Å². The van der Waals surface area contributed by atoms with Gasteiger partial charge in [0.25, 0.3) is 0 Å². The average molecular weight is 374 g/mol. The van der Waals surface area contributed by atoms with Gasteiger partial charge in [-0.05, 0) is 51.8 Å². The van der Waals surface area contributed by atoms with Gasteiger partial charge in [-0.15, -0.1) is 0 Å². The molecule has 0 saturated heterocycles. The van der Waals surface area contributed by atoms with Crippen LogP contribution in [-0.2, 0) is 6.54 Å². The molecule has 0 fully saturated rings. The summed E-state index contributed by atoms with van der Waals surface area (Å²) in [5.41, 5.74) is 8.17. The zero-order chi connectivity index (χ0) is 14.7. The summed E-state index contributed by atoms with van der Waals surface area (Å²) in [4.78, 5) is 0.341. The number of rotatable bonds is 4. The molecule has 0 radical (unpaired) electrons. The van der Waals surface area contributed by atoms with Crippen molar-refractivity contribution in [1.82, 2.24) is 0 Å². The standard InChI is InChI=1S/C14H11BrClFN2S/c15-11-6-9(2-3-10(11)14(18)20)19-7-8-1-4-13(17)12(16)5-8/h1-6,19H,7H2,(H2,18,20). The highest BCUT2D eigenvalue weighted by molar-refractivity contribution is 9.10. The Morgan fingerprint density at radius 2 is 2.05 bits per heavy atom. The van der Waals surface area contributed by atoms with Crippen molar-refractivity contribution in [2.75, 3.05) is 5.32 Å². The summed E-state index contributed by atoms with van der Waals surface area (Å²) in [6.45, 7) is 0.541. The summed E-state index contributed by atoms with van der Waals surface area (Å²) >= 11 is 14.1. The second-order valence-corrected chi connectivity index (χ2v) is 5.86. The van der Waals surface area contributed by atoms with Crippen LogP contribution in [0.4, 0.5) is 10.1 Å². The lowest BCUT2D eigenvalue weighted by molar-refractivity contribution is 0.627. The van der Waals surface area contributed by atoms with Crippen molar-refractivity contribution in [3.8, 4) is 0 Å². The molecule has 0 aliphatic heterocycles. The molecule has 0 aliphatic rings. The summed E-state index contributed by atoms with van der Waals surface area (Å²) in [6, 6.07) is 10.2. The molecule has 6 heteroatoms. The molecular formula is C14H11BrClFN2S. The summed E-state index contributed by atoms with van der Waals surface area (Å²) in [5.74, 6) is -0.418. The monoisotopic (exact) mass is 372 g/mol. The minimum Gasteiger partial charge on any atom is -0.389 e. The topological polar surface area (TPSA) is 38.0 Å². The molecule has 3 N–H and O–H groups in total. The van der Waals surface area contributed by atoms with Crippen LogP contribution in [0.25, 0.3) is 0 Å². The van der Waals surface area contributed by atoms with Crippen molar-refractivity contribution in [1.29, 1.82) is 0 Å². The first-order chi connectivity index (χ1) is 9.47. The van der Waals surface area contributed by atoms with E-state index in [4.69, 9.17) is 29.6 Å². The molecule has 20 heavy (non-hydrogen) atoms. The molecule has 2 aromatic carbocycles. The van der Waals surface area contributed by atoms with E-state index >= 15 is 0 Å². The summed E-state index contributed by atoms with van der Waals surface area (Å²) in [6.07, 6.45) is 0. The normalized spacial score (nSPS) is 10.3. The van der Waals surface area contributed by atoms with Gasteiger partial charge in [-0.25, -0.2) is 4.39 Å². The van der Waals surface area contributed by atoms with Crippen LogP contribution in [0.1, 0.15) is 11.1 Å². The van der Waals surface area contributed by atoms with Crippen molar-refractivity contribution in [3.05, 3.63) is 62.8 Å². The van der Waals surface area contributed by atoms with E-state index in [1.54, 1.807) is 12.1 Å². The fourth-order valence-corrected chi connectivity index (χ4v) is 2.78. The minimum absolute atomic E-state index is 0.120. The molecule has 0 amide bonds. The third-order valence-electron chi connectivity index (χ3n) is 2.72. The molecule has 0 spiro atoms. The van der Waals surface area contributed by atoms with Crippen molar-refractivity contribution < 1.29 is 4.39 Å². The summed E-state index contributed by atoms with van der Waals surface area (Å²) in [5, 5.41) is 3.34. The molecule has 0 aliphatic carbocycles. The molecule has 0 aromatic heterocycles. The van der Waals surface area contributed by atoms with Crippen LogP contribution in [0, 0.1) is 5.82 Å². The SMILES string of the molecule is NC(=S)c1ccc(NCc2ccc(F)c(Cl)c2)cc1Br. The zero-order valence-corrected chi connectivity index (χ0v) is 13.4. The maximum Gasteiger partial charge on any atom is 0.141 e. The van der Waals surface area contributed by atoms with Gasteiger partial charge < -0.3 is 11.1 Å². The molecular weight excluding hydrogens is 363 g/mol. The third kappa shape index (κ3) is 3.69. The predicted octanol–water partition coefficient (Wildman–Crippen LogP) is 4.49. The Bertz CT molecular complexity index is 664. The van der Waals surface area contributed by atoms with Crippen LogP contribution in [0.2, 0.25) is 5.02 Å². The Kier molecular flexibility index (Phi) is 4.96. The average Bonchev–Trinajstić information content (AvgIpc) is 2.40. The lowest BCUT2D eigenvalue weighted by Gasteiger charge is -2.09. The number of nitrogens with one attached hydrogen (secondary N) is 1. The first kappa shape index (κ1) is 15.2. The van der Waals surface area contributed by atoms with Gasteiger partial charge in [-0.3, -0.25) is 0 Å². The number of anilines is 1. The third-order valence-corrected chi connectivity index (χ3v) is 3.88. The highest BCUT2D eigenvalue weighted by Crippen LogP contribution is 2.22. The highest BCUT2D eigenvalue weighted by Gasteiger charge is 2.05. The van der Waals surface area contributed by atoms with Crippen LogP contribution in [0.5, 0.6) is 0 Å². The van der Waals surface area contributed by atoms with E-state index in [9.17, 15) is 4.39 Å². The van der Waals surface area contributed by atoms with Crippen LogP contribution in [0.15, 0.2) is 40.9 Å². The van der Waals surface area contributed by atoms with Gasteiger partial charge in [0.15, 0.2) is 0 Å². The Morgan fingerprint density at radius 1 is 1.30 bits per heavy atom. The lowest BCUT2D eigenvalue weighted by atomic mass is 10.2. The van der Waals surface area contributed by atoms with E-state index in [0.29, 0.717) is 11.5 Å². The van der Waals surface area contributed by atoms with Gasteiger partial charge in [-0.1, -0.05) is 29.9 Å². The first-order valence-corrected chi connectivity index (χ1v) is 7.32.